The van der Waals surface area contributed by atoms with Crippen LogP contribution in [-0.4, -0.2) is 44.7 Å². The number of aromatic nitrogens is 2. The van der Waals surface area contributed by atoms with Gasteiger partial charge in [0.1, 0.15) is 27.9 Å². The molecular weight excluding hydrogens is 406 g/mol. The Morgan fingerprint density at radius 2 is 2.23 bits per heavy atom. The zero-order valence-electron chi connectivity index (χ0n) is 17.2. The minimum atomic E-state index is -0.946. The van der Waals surface area contributed by atoms with Gasteiger partial charge in [-0.1, -0.05) is 12.7 Å². The summed E-state index contributed by atoms with van der Waals surface area (Å²) in [5, 5.41) is 10.7. The van der Waals surface area contributed by atoms with Crippen LogP contribution in [0, 0.1) is 6.92 Å². The van der Waals surface area contributed by atoms with Crippen LogP contribution in [0.2, 0.25) is 0 Å². The first kappa shape index (κ1) is 21.9. The van der Waals surface area contributed by atoms with Gasteiger partial charge in [-0.2, -0.15) is 0 Å². The maximum absolute atomic E-state index is 12.7. The zero-order valence-corrected chi connectivity index (χ0v) is 18.0. The van der Waals surface area contributed by atoms with Crippen LogP contribution in [0.5, 0.6) is 0 Å². The first-order valence-electron chi connectivity index (χ1n) is 9.45. The third-order valence-corrected chi connectivity index (χ3v) is 5.48. The van der Waals surface area contributed by atoms with E-state index in [1.165, 1.54) is 6.08 Å². The van der Waals surface area contributed by atoms with Crippen molar-refractivity contribution in [2.24, 2.45) is 0 Å². The van der Waals surface area contributed by atoms with Gasteiger partial charge in [0.2, 0.25) is 0 Å². The number of aromatic amines is 1. The Hall–Kier alpha value is -2.75. The quantitative estimate of drug-likeness (QED) is 0.396. The van der Waals surface area contributed by atoms with E-state index >= 15 is 0 Å². The molecule has 0 radical (unpaired) electrons. The molecule has 0 fully saturated rings. The Bertz CT molecular complexity index is 1090. The molecule has 3 aromatic heterocycles. The van der Waals surface area contributed by atoms with Crippen molar-refractivity contribution in [2.45, 2.75) is 39.5 Å². The molecule has 3 rings (SSSR count). The fourth-order valence-electron chi connectivity index (χ4n) is 3.21. The summed E-state index contributed by atoms with van der Waals surface area (Å²) in [4.78, 5) is 35.1. The monoisotopic (exact) mass is 431 g/mol. The topological polar surface area (TPSA) is 109 Å². The molecule has 8 nitrogen and oxygen atoms in total. The van der Waals surface area contributed by atoms with Gasteiger partial charge in [0.15, 0.2) is 0 Å². The number of ether oxygens (including phenoxy) is 1. The number of hydrogen-bond donors (Lipinski definition) is 2. The molecule has 0 spiro atoms. The fraction of sp³-hybridized carbons (Fsp3) is 0.381. The molecule has 9 heteroatoms. The smallest absolute Gasteiger partial charge is 0.348 e. The summed E-state index contributed by atoms with van der Waals surface area (Å²) in [6.07, 6.45) is 3.07. The van der Waals surface area contributed by atoms with E-state index in [0.717, 1.165) is 17.1 Å². The SMILES string of the molecule is C=CCOC(=O)c1sc2nc(CN(Cc3ccco3)CC(C)(C)O)[nH]c(=O)c2c1C. The van der Waals surface area contributed by atoms with E-state index in [0.29, 0.717) is 46.1 Å². The van der Waals surface area contributed by atoms with Crippen molar-refractivity contribution in [3.63, 3.8) is 0 Å². The van der Waals surface area contributed by atoms with Gasteiger partial charge in [-0.15, -0.1) is 11.3 Å². The number of aliphatic hydroxyl groups is 1. The van der Waals surface area contributed by atoms with E-state index < -0.39 is 11.6 Å². The van der Waals surface area contributed by atoms with Gasteiger partial charge in [-0.3, -0.25) is 9.69 Å². The van der Waals surface area contributed by atoms with Gasteiger partial charge in [0, 0.05) is 6.54 Å². The molecule has 0 unspecified atom stereocenters. The van der Waals surface area contributed by atoms with Crippen LogP contribution < -0.4 is 5.56 Å². The minimum Gasteiger partial charge on any atom is -0.468 e. The zero-order chi connectivity index (χ0) is 21.9. The summed E-state index contributed by atoms with van der Waals surface area (Å²) >= 11 is 1.13. The molecule has 160 valence electrons. The number of thiophene rings is 1. The average Bonchev–Trinajstić information content (AvgIpc) is 3.26. The molecule has 0 amide bonds. The van der Waals surface area contributed by atoms with E-state index in [2.05, 4.69) is 16.5 Å². The second kappa shape index (κ2) is 8.95. The first-order valence-corrected chi connectivity index (χ1v) is 10.3. The third kappa shape index (κ3) is 5.24. The molecule has 0 aromatic carbocycles. The van der Waals surface area contributed by atoms with Crippen molar-refractivity contribution in [1.29, 1.82) is 0 Å². The molecule has 3 heterocycles. The van der Waals surface area contributed by atoms with Crippen LogP contribution in [0.4, 0.5) is 0 Å². The van der Waals surface area contributed by atoms with E-state index in [-0.39, 0.29) is 12.2 Å². The Balaban J connectivity index is 1.91. The van der Waals surface area contributed by atoms with Crippen molar-refractivity contribution in [1.82, 2.24) is 14.9 Å². The lowest BCUT2D eigenvalue weighted by molar-refractivity contribution is 0.0277. The first-order chi connectivity index (χ1) is 14.2. The highest BCUT2D eigenvalue weighted by molar-refractivity contribution is 7.20. The van der Waals surface area contributed by atoms with Crippen LogP contribution >= 0.6 is 11.3 Å². The van der Waals surface area contributed by atoms with Crippen LogP contribution in [0.3, 0.4) is 0 Å². The standard InChI is InChI=1S/C21H25N3O5S/c1-5-8-29-20(26)17-13(2)16-18(25)22-15(23-19(16)30-17)11-24(12-21(3,4)27)10-14-7-6-9-28-14/h5-7,9,27H,1,8,10-12H2,2-4H3,(H,22,23,25). The number of nitrogens with one attached hydrogen (secondary N) is 1. The van der Waals surface area contributed by atoms with Crippen LogP contribution in [0.25, 0.3) is 10.2 Å². The number of carbonyl (C=O) groups is 1. The molecule has 0 aliphatic carbocycles. The number of furan rings is 1. The highest BCUT2D eigenvalue weighted by Crippen LogP contribution is 2.28. The number of aryl methyl sites for hydroxylation is 1. The number of rotatable bonds is 9. The molecular formula is C21H25N3O5S. The Kier molecular flexibility index (Phi) is 6.55. The van der Waals surface area contributed by atoms with Gasteiger partial charge in [-0.25, -0.2) is 9.78 Å². The van der Waals surface area contributed by atoms with Gasteiger partial charge in [0.05, 0.1) is 30.3 Å². The molecule has 0 saturated carbocycles. The summed E-state index contributed by atoms with van der Waals surface area (Å²) < 4.78 is 10.5. The normalized spacial score (nSPS) is 11.9. The number of H-pyrrole nitrogens is 1. The Morgan fingerprint density at radius 3 is 2.87 bits per heavy atom. The van der Waals surface area contributed by atoms with Gasteiger partial charge in [-0.05, 0) is 38.5 Å². The number of esters is 1. The van der Waals surface area contributed by atoms with Gasteiger partial charge in [0.25, 0.3) is 5.56 Å². The van der Waals surface area contributed by atoms with E-state index in [1.54, 1.807) is 33.1 Å². The third-order valence-electron chi connectivity index (χ3n) is 4.31. The van der Waals surface area contributed by atoms with Crippen molar-refractivity contribution >= 4 is 27.5 Å². The maximum Gasteiger partial charge on any atom is 0.348 e. The predicted molar refractivity (Wildman–Crippen MR) is 115 cm³/mol. The van der Waals surface area contributed by atoms with Crippen molar-refractivity contribution in [3.05, 3.63) is 63.4 Å². The number of nitrogens with zero attached hydrogens (tertiary/aromatic N) is 2. The maximum atomic E-state index is 12.7. The van der Waals surface area contributed by atoms with Crippen LogP contribution in [0.1, 0.15) is 40.7 Å². The van der Waals surface area contributed by atoms with Crippen LogP contribution in [0.15, 0.2) is 40.3 Å². The molecule has 0 atom stereocenters. The lowest BCUT2D eigenvalue weighted by atomic mass is 10.1. The highest BCUT2D eigenvalue weighted by atomic mass is 32.1. The average molecular weight is 432 g/mol. The summed E-state index contributed by atoms with van der Waals surface area (Å²) in [6, 6.07) is 3.64. The second-order valence-electron chi connectivity index (χ2n) is 7.67. The summed E-state index contributed by atoms with van der Waals surface area (Å²) in [5.41, 5.74) is -0.709. The van der Waals surface area contributed by atoms with E-state index in [9.17, 15) is 14.7 Å². The molecule has 0 bridgehead atoms. The second-order valence-corrected chi connectivity index (χ2v) is 8.67. The fourth-order valence-corrected chi connectivity index (χ4v) is 4.30. The van der Waals surface area contributed by atoms with Gasteiger partial charge >= 0.3 is 5.97 Å². The Labute approximate surface area is 177 Å². The molecule has 3 aromatic rings. The predicted octanol–water partition coefficient (Wildman–Crippen LogP) is 3.00. The lowest BCUT2D eigenvalue weighted by Crippen LogP contribution is -2.38. The summed E-state index contributed by atoms with van der Waals surface area (Å²) in [7, 11) is 0. The van der Waals surface area contributed by atoms with Crippen LogP contribution in [-0.2, 0) is 17.8 Å². The Morgan fingerprint density at radius 1 is 1.47 bits per heavy atom. The van der Waals surface area contributed by atoms with Crippen molar-refractivity contribution in [3.8, 4) is 0 Å². The number of carbonyl (C=O) groups excluding carboxylic acids is 1. The largest absolute Gasteiger partial charge is 0.468 e. The number of hydrogen-bond acceptors (Lipinski definition) is 8. The van der Waals surface area contributed by atoms with E-state index in [1.807, 2.05) is 11.0 Å². The minimum absolute atomic E-state index is 0.0975. The summed E-state index contributed by atoms with van der Waals surface area (Å²) in [5.74, 6) is 0.676. The molecule has 0 aliphatic rings. The summed E-state index contributed by atoms with van der Waals surface area (Å²) in [6.45, 7) is 9.84. The molecule has 2 N–H and O–H groups in total. The van der Waals surface area contributed by atoms with Crippen molar-refractivity contribution < 1.29 is 19.1 Å². The van der Waals surface area contributed by atoms with E-state index in [4.69, 9.17) is 9.15 Å². The highest BCUT2D eigenvalue weighted by Gasteiger charge is 2.23. The molecule has 0 aliphatic heterocycles. The van der Waals surface area contributed by atoms with Crippen molar-refractivity contribution in [2.75, 3.05) is 13.2 Å². The lowest BCUT2D eigenvalue weighted by Gasteiger charge is -2.27. The van der Waals surface area contributed by atoms with Gasteiger partial charge < -0.3 is 19.2 Å². The number of fused-ring (bicyclic) bond motifs is 1. The molecule has 0 saturated heterocycles. The molecule has 30 heavy (non-hydrogen) atoms.